The smallest absolute Gasteiger partial charge is 0.227 e. The molecule has 2 aliphatic rings. The molecule has 2 saturated heterocycles. The molecule has 2 aromatic carbocycles. The Morgan fingerprint density at radius 2 is 1.86 bits per heavy atom. The molecule has 42 heavy (non-hydrogen) atoms. The summed E-state index contributed by atoms with van der Waals surface area (Å²) in [6, 6.07) is 20.8. The van der Waals surface area contributed by atoms with Crippen molar-refractivity contribution in [1.29, 1.82) is 5.26 Å². The minimum absolute atomic E-state index is 0.0404. The Morgan fingerprint density at radius 1 is 1.10 bits per heavy atom. The first kappa shape index (κ1) is 27.5. The van der Waals surface area contributed by atoms with E-state index in [1.807, 2.05) is 29.2 Å². The van der Waals surface area contributed by atoms with E-state index >= 15 is 0 Å². The average Bonchev–Trinajstić information content (AvgIpc) is 3.49. The molecule has 1 N–H and O–H groups in total. The van der Waals surface area contributed by atoms with Crippen molar-refractivity contribution in [2.75, 3.05) is 51.3 Å². The molecule has 0 aliphatic carbocycles. The van der Waals surface area contributed by atoms with Crippen molar-refractivity contribution < 1.29 is 14.3 Å². The van der Waals surface area contributed by atoms with Crippen LogP contribution >= 0.6 is 0 Å². The second-order valence-corrected chi connectivity index (χ2v) is 10.6. The number of carbonyl (C=O) groups is 1. The number of nitriles is 1. The number of nitrogens with one attached hydrogen (secondary N) is 1. The van der Waals surface area contributed by atoms with E-state index in [0.717, 1.165) is 72.6 Å². The van der Waals surface area contributed by atoms with Crippen molar-refractivity contribution >= 4 is 28.8 Å². The number of rotatable bonds is 7. The fraction of sp³-hybridized carbons (Fsp3) is 0.333. The first-order valence-corrected chi connectivity index (χ1v) is 14.4. The molecule has 0 bridgehead atoms. The molecule has 4 aromatic rings. The van der Waals surface area contributed by atoms with Gasteiger partial charge in [0.15, 0.2) is 0 Å². The normalized spacial score (nSPS) is 16.2. The summed E-state index contributed by atoms with van der Waals surface area (Å²) in [5, 5.41) is 11.0. The Kier molecular flexibility index (Phi) is 8.15. The maximum atomic E-state index is 12.3. The number of hydrogen-bond acceptors (Lipinski definition) is 7. The number of anilines is 1. The van der Waals surface area contributed by atoms with E-state index in [4.69, 9.17) is 9.47 Å². The molecule has 9 nitrogen and oxygen atoms in total. The first-order valence-electron chi connectivity index (χ1n) is 14.4. The van der Waals surface area contributed by atoms with Crippen LogP contribution in [0.15, 0.2) is 65.8 Å². The number of piperidine rings is 1. The number of ether oxygens (including phenoxy) is 2. The van der Waals surface area contributed by atoms with Gasteiger partial charge in [0.1, 0.15) is 23.6 Å². The van der Waals surface area contributed by atoms with Gasteiger partial charge in [-0.2, -0.15) is 5.26 Å². The van der Waals surface area contributed by atoms with Gasteiger partial charge in [0.2, 0.25) is 5.91 Å². The molecule has 214 valence electrons. The van der Waals surface area contributed by atoms with E-state index in [2.05, 4.69) is 56.3 Å². The fourth-order valence-electron chi connectivity index (χ4n) is 5.70. The summed E-state index contributed by atoms with van der Waals surface area (Å²) in [6.45, 7) is 4.61. The van der Waals surface area contributed by atoms with Crippen molar-refractivity contribution in [3.63, 3.8) is 0 Å². The number of aliphatic imine (C=N–C) groups is 1. The summed E-state index contributed by atoms with van der Waals surface area (Å²) in [7, 11) is 1.67. The van der Waals surface area contributed by atoms with E-state index in [1.54, 1.807) is 19.5 Å². The van der Waals surface area contributed by atoms with Gasteiger partial charge in [-0.3, -0.25) is 4.79 Å². The maximum Gasteiger partial charge on any atom is 0.227 e. The lowest BCUT2D eigenvalue weighted by Gasteiger charge is -2.32. The fourth-order valence-corrected chi connectivity index (χ4v) is 5.70. The van der Waals surface area contributed by atoms with Crippen LogP contribution in [0.4, 0.5) is 5.69 Å². The third-order valence-corrected chi connectivity index (χ3v) is 8.03. The van der Waals surface area contributed by atoms with E-state index < -0.39 is 0 Å². The molecular weight excluding hydrogens is 528 g/mol. The number of benzene rings is 2. The molecule has 0 atom stereocenters. The molecule has 0 spiro atoms. The van der Waals surface area contributed by atoms with Gasteiger partial charge in [-0.05, 0) is 53.1 Å². The number of aromatic nitrogens is 2. The number of amides is 1. The lowest BCUT2D eigenvalue weighted by Crippen LogP contribution is -2.41. The number of H-pyrrole nitrogens is 1. The molecule has 2 fully saturated rings. The summed E-state index contributed by atoms with van der Waals surface area (Å²) in [5.74, 6) is 0.659. The molecule has 2 aromatic heterocycles. The van der Waals surface area contributed by atoms with Crippen molar-refractivity contribution in [2.24, 2.45) is 4.99 Å². The van der Waals surface area contributed by atoms with Crippen molar-refractivity contribution in [3.05, 3.63) is 66.4 Å². The van der Waals surface area contributed by atoms with E-state index in [9.17, 15) is 10.1 Å². The highest BCUT2D eigenvalue weighted by molar-refractivity contribution is 5.96. The average molecular weight is 563 g/mol. The van der Waals surface area contributed by atoms with E-state index in [0.29, 0.717) is 30.8 Å². The summed E-state index contributed by atoms with van der Waals surface area (Å²) in [4.78, 5) is 28.4. The molecule has 0 unspecified atom stereocenters. The lowest BCUT2D eigenvalue weighted by atomic mass is 10.0. The zero-order chi connectivity index (χ0) is 28.9. The number of nitrogens with zero attached hydrogens (tertiary/aromatic N) is 5. The second kappa shape index (κ2) is 12.5. The van der Waals surface area contributed by atoms with Crippen LogP contribution in [0.5, 0.6) is 5.75 Å². The minimum atomic E-state index is -0.0404. The molecular formula is C33H34N6O3. The summed E-state index contributed by atoms with van der Waals surface area (Å²) >= 11 is 0. The first-order chi connectivity index (χ1) is 20.6. The van der Waals surface area contributed by atoms with Crippen LogP contribution in [0.25, 0.3) is 33.4 Å². The van der Waals surface area contributed by atoms with Crippen LogP contribution in [0, 0.1) is 11.3 Å². The third-order valence-electron chi connectivity index (χ3n) is 8.03. The molecule has 4 heterocycles. The van der Waals surface area contributed by atoms with Gasteiger partial charge in [-0.25, -0.2) is 4.98 Å². The second-order valence-electron chi connectivity index (χ2n) is 10.6. The lowest BCUT2D eigenvalue weighted by molar-refractivity contribution is -0.131. The Balaban J connectivity index is 1.18. The van der Waals surface area contributed by atoms with Gasteiger partial charge in [0.05, 0.1) is 25.2 Å². The highest BCUT2D eigenvalue weighted by atomic mass is 16.5. The molecule has 9 heteroatoms. The van der Waals surface area contributed by atoms with Gasteiger partial charge in [0, 0.05) is 75.2 Å². The van der Waals surface area contributed by atoms with Gasteiger partial charge in [-0.1, -0.05) is 18.2 Å². The number of fused-ring (bicyclic) bond motifs is 1. The SMILES string of the molecule is C/N=C/CC(=O)N1CCC(Oc2ccc(-c3ccnc4[nH]c(-c5ccc(N6CCOCC6)cc5)cc34)cc2C#N)CC1. The summed E-state index contributed by atoms with van der Waals surface area (Å²) in [5.41, 5.74) is 6.49. The summed E-state index contributed by atoms with van der Waals surface area (Å²) in [6.07, 6.45) is 5.17. The largest absolute Gasteiger partial charge is 0.489 e. The molecule has 2 aliphatic heterocycles. The number of hydrogen-bond donors (Lipinski definition) is 1. The number of pyridine rings is 1. The predicted octanol–water partition coefficient (Wildman–Crippen LogP) is 5.07. The van der Waals surface area contributed by atoms with Crippen LogP contribution in [0.1, 0.15) is 24.8 Å². The zero-order valence-electron chi connectivity index (χ0n) is 23.8. The van der Waals surface area contributed by atoms with Crippen molar-refractivity contribution in [3.8, 4) is 34.2 Å². The van der Waals surface area contributed by atoms with Crippen molar-refractivity contribution in [2.45, 2.75) is 25.4 Å². The van der Waals surface area contributed by atoms with Gasteiger partial charge < -0.3 is 29.2 Å². The monoisotopic (exact) mass is 562 g/mol. The zero-order valence-corrected chi connectivity index (χ0v) is 23.8. The molecule has 1 amide bonds. The Hall–Kier alpha value is -4.68. The van der Waals surface area contributed by atoms with E-state index in [1.165, 1.54) is 5.69 Å². The van der Waals surface area contributed by atoms with Gasteiger partial charge in [-0.15, -0.1) is 0 Å². The standard InChI is InChI=1S/C33H34N6O3/c1-35-12-9-32(40)39-14-10-27(11-15-39)42-31-7-4-24(20-25(31)22-34)28-8-13-36-33-29(28)21-30(37-33)23-2-5-26(6-3-23)38-16-18-41-19-17-38/h2-8,12-13,20-21,27H,9-11,14-19H2,1H3,(H,36,37)/b35-12+. The highest BCUT2D eigenvalue weighted by Crippen LogP contribution is 2.34. The minimum Gasteiger partial charge on any atom is -0.489 e. The number of aromatic amines is 1. The Bertz CT molecular complexity index is 1620. The quantitative estimate of drug-likeness (QED) is 0.316. The van der Waals surface area contributed by atoms with Crippen LogP contribution in [0.2, 0.25) is 0 Å². The number of likely N-dealkylation sites (tertiary alicyclic amines) is 1. The van der Waals surface area contributed by atoms with E-state index in [-0.39, 0.29) is 12.0 Å². The topological polar surface area (TPSA) is 107 Å². The van der Waals surface area contributed by atoms with Crippen LogP contribution in [-0.2, 0) is 9.53 Å². The highest BCUT2D eigenvalue weighted by Gasteiger charge is 2.24. The Morgan fingerprint density at radius 3 is 2.60 bits per heavy atom. The maximum absolute atomic E-state index is 12.3. The van der Waals surface area contributed by atoms with Crippen LogP contribution < -0.4 is 9.64 Å². The summed E-state index contributed by atoms with van der Waals surface area (Å²) < 4.78 is 11.7. The molecule has 6 rings (SSSR count). The van der Waals surface area contributed by atoms with Crippen LogP contribution in [0.3, 0.4) is 0 Å². The number of morpholine rings is 1. The third kappa shape index (κ3) is 5.85. The Labute approximate surface area is 245 Å². The van der Waals surface area contributed by atoms with Crippen LogP contribution in [-0.4, -0.2) is 79.5 Å². The van der Waals surface area contributed by atoms with Gasteiger partial charge in [0.25, 0.3) is 0 Å². The molecule has 0 saturated carbocycles. The van der Waals surface area contributed by atoms with Gasteiger partial charge >= 0.3 is 0 Å². The predicted molar refractivity (Wildman–Crippen MR) is 164 cm³/mol. The van der Waals surface area contributed by atoms with Crippen molar-refractivity contribution in [1.82, 2.24) is 14.9 Å². The number of carbonyl (C=O) groups excluding carboxylic acids is 1. The molecule has 0 radical (unpaired) electrons.